The fourth-order valence-electron chi connectivity index (χ4n) is 2.74. The van der Waals surface area contributed by atoms with Gasteiger partial charge >= 0.3 is 0 Å². The van der Waals surface area contributed by atoms with Gasteiger partial charge in [-0.15, -0.1) is 10.2 Å². The van der Waals surface area contributed by atoms with Crippen LogP contribution in [0.5, 0.6) is 0 Å². The highest BCUT2D eigenvalue weighted by molar-refractivity contribution is 6.03. The molecule has 0 bridgehead atoms. The summed E-state index contributed by atoms with van der Waals surface area (Å²) in [4.78, 5) is 0. The van der Waals surface area contributed by atoms with Crippen LogP contribution >= 0.6 is 0 Å². The summed E-state index contributed by atoms with van der Waals surface area (Å²) in [6.45, 7) is 0. The highest BCUT2D eigenvalue weighted by Crippen LogP contribution is 2.26. The minimum atomic E-state index is 0.832. The average molecular weight is 259 g/mol. The van der Waals surface area contributed by atoms with Gasteiger partial charge in [0.25, 0.3) is 0 Å². The number of benzene rings is 2. The fourth-order valence-corrected chi connectivity index (χ4v) is 2.74. The van der Waals surface area contributed by atoms with Crippen LogP contribution in [0.3, 0.4) is 0 Å². The van der Waals surface area contributed by atoms with Crippen LogP contribution in [-0.2, 0) is 6.42 Å². The predicted molar refractivity (Wildman–Crippen MR) is 80.7 cm³/mol. The van der Waals surface area contributed by atoms with Crippen LogP contribution in [0.25, 0.3) is 10.8 Å². The molecule has 4 rings (SSSR count). The molecular weight excluding hydrogens is 246 g/mol. The van der Waals surface area contributed by atoms with E-state index in [0.29, 0.717) is 0 Å². The second kappa shape index (κ2) is 4.53. The first-order chi connectivity index (χ1) is 9.90. The molecule has 2 aliphatic rings. The lowest BCUT2D eigenvalue weighted by molar-refractivity contribution is 1.09. The summed E-state index contributed by atoms with van der Waals surface area (Å²) in [5.74, 6) is 0. The molecule has 2 aromatic rings. The van der Waals surface area contributed by atoms with Crippen molar-refractivity contribution in [2.45, 2.75) is 12.8 Å². The monoisotopic (exact) mass is 259 g/mol. The maximum absolute atomic E-state index is 4.05. The number of hydrogen-bond acceptors (Lipinski definition) is 3. The number of nitrogens with zero attached hydrogens (tertiary/aromatic N) is 3. The Morgan fingerprint density at radius 2 is 1.90 bits per heavy atom. The van der Waals surface area contributed by atoms with Gasteiger partial charge in [0.2, 0.25) is 0 Å². The summed E-state index contributed by atoms with van der Waals surface area (Å²) in [5, 5.41) is 14.4. The van der Waals surface area contributed by atoms with E-state index in [0.717, 1.165) is 24.3 Å². The molecule has 2 aromatic carbocycles. The van der Waals surface area contributed by atoms with Gasteiger partial charge in [-0.25, -0.2) is 0 Å². The lowest BCUT2D eigenvalue weighted by Gasteiger charge is -2.11. The minimum absolute atomic E-state index is 0.832. The van der Waals surface area contributed by atoms with Gasteiger partial charge in [-0.1, -0.05) is 48.5 Å². The van der Waals surface area contributed by atoms with Gasteiger partial charge in [0.15, 0.2) is 0 Å². The van der Waals surface area contributed by atoms with Crippen molar-refractivity contribution in [2.75, 3.05) is 0 Å². The maximum Gasteiger partial charge on any atom is 0.111 e. The van der Waals surface area contributed by atoms with Crippen LogP contribution < -0.4 is 0 Å². The second-order valence-corrected chi connectivity index (χ2v) is 5.06. The Labute approximate surface area is 117 Å². The van der Waals surface area contributed by atoms with E-state index in [9.17, 15) is 0 Å². The third kappa shape index (κ3) is 1.88. The van der Waals surface area contributed by atoms with E-state index in [1.165, 1.54) is 21.9 Å². The summed E-state index contributed by atoms with van der Waals surface area (Å²) in [6.07, 6.45) is 6.08. The van der Waals surface area contributed by atoms with Gasteiger partial charge in [0, 0.05) is 6.42 Å². The van der Waals surface area contributed by atoms with Crippen molar-refractivity contribution >= 4 is 16.5 Å². The first-order valence-corrected chi connectivity index (χ1v) is 6.75. The third-order valence-electron chi connectivity index (χ3n) is 3.77. The minimum Gasteiger partial charge on any atom is -0.133 e. The van der Waals surface area contributed by atoms with Crippen molar-refractivity contribution in [3.63, 3.8) is 0 Å². The zero-order valence-corrected chi connectivity index (χ0v) is 11.0. The van der Waals surface area contributed by atoms with E-state index in [4.69, 9.17) is 0 Å². The molecule has 20 heavy (non-hydrogen) atoms. The molecule has 0 saturated heterocycles. The van der Waals surface area contributed by atoms with E-state index >= 15 is 0 Å². The molecule has 0 atom stereocenters. The Kier molecular flexibility index (Phi) is 2.56. The smallest absolute Gasteiger partial charge is 0.111 e. The van der Waals surface area contributed by atoms with Crippen molar-refractivity contribution in [3.05, 3.63) is 71.5 Å². The van der Waals surface area contributed by atoms with Gasteiger partial charge in [-0.3, -0.25) is 0 Å². The number of fused-ring (bicyclic) bond motifs is 2. The van der Waals surface area contributed by atoms with E-state index in [-0.39, 0.29) is 0 Å². The fraction of sp³-hybridized carbons (Fsp3) is 0.118. The molecule has 96 valence electrons. The first-order valence-electron chi connectivity index (χ1n) is 6.75. The molecule has 3 heteroatoms. The molecule has 0 N–H and O–H groups in total. The zero-order valence-electron chi connectivity index (χ0n) is 11.0. The number of rotatable bonds is 2. The topological polar surface area (TPSA) is 37.1 Å². The third-order valence-corrected chi connectivity index (χ3v) is 3.77. The van der Waals surface area contributed by atoms with Gasteiger partial charge < -0.3 is 0 Å². The van der Waals surface area contributed by atoms with Crippen LogP contribution in [0.15, 0.2) is 81.3 Å². The van der Waals surface area contributed by atoms with Gasteiger partial charge in [0.1, 0.15) is 5.70 Å². The predicted octanol–water partition coefficient (Wildman–Crippen LogP) is 4.42. The van der Waals surface area contributed by atoms with E-state index < -0.39 is 0 Å². The van der Waals surface area contributed by atoms with E-state index in [2.05, 4.69) is 70.1 Å². The lowest BCUT2D eigenvalue weighted by atomic mass is 9.94. The molecule has 0 unspecified atom stereocenters. The Hall–Kier alpha value is -2.55. The van der Waals surface area contributed by atoms with Gasteiger partial charge in [0.05, 0.1) is 5.71 Å². The number of hydrogen-bond donors (Lipinski definition) is 0. The summed E-state index contributed by atoms with van der Waals surface area (Å²) >= 11 is 0. The standard InChI is InChI=1S/C17H13N3/c1-2-7-15-13(4-1)5-3-6-14(15)10-12-8-9-16-17(11-12)19-20-18-16/h1-8,11H,9-10H2. The molecule has 0 spiro atoms. The van der Waals surface area contributed by atoms with Crippen molar-refractivity contribution < 1.29 is 0 Å². The molecule has 1 aliphatic carbocycles. The summed E-state index contributed by atoms with van der Waals surface area (Å²) < 4.78 is 0. The van der Waals surface area contributed by atoms with Crippen LogP contribution in [0.1, 0.15) is 12.0 Å². The van der Waals surface area contributed by atoms with Crippen molar-refractivity contribution in [3.8, 4) is 0 Å². The molecule has 1 heterocycles. The molecular formula is C17H13N3. The van der Waals surface area contributed by atoms with Crippen molar-refractivity contribution in [2.24, 2.45) is 15.4 Å². The van der Waals surface area contributed by atoms with Gasteiger partial charge in [-0.2, -0.15) is 0 Å². The highest BCUT2D eigenvalue weighted by Gasteiger charge is 2.16. The number of allylic oxidation sites excluding steroid dienone is 4. The SMILES string of the molecule is C1=C(Cc2cccc3ccccc23)C=C2N=NN=C2C1. The van der Waals surface area contributed by atoms with Crippen LogP contribution in [0, 0.1) is 0 Å². The van der Waals surface area contributed by atoms with Crippen LogP contribution in [0.4, 0.5) is 0 Å². The zero-order chi connectivity index (χ0) is 13.4. The normalized spacial score (nSPS) is 16.7. The van der Waals surface area contributed by atoms with E-state index in [1.807, 2.05) is 0 Å². The quantitative estimate of drug-likeness (QED) is 0.765. The Balaban J connectivity index is 1.70. The van der Waals surface area contributed by atoms with Crippen molar-refractivity contribution in [1.29, 1.82) is 0 Å². The summed E-state index contributed by atoms with van der Waals surface area (Å²) in [6, 6.07) is 15.0. The Morgan fingerprint density at radius 3 is 2.90 bits per heavy atom. The first kappa shape index (κ1) is 11.3. The second-order valence-electron chi connectivity index (χ2n) is 5.06. The lowest BCUT2D eigenvalue weighted by Crippen LogP contribution is -2.03. The van der Waals surface area contributed by atoms with Crippen LogP contribution in [-0.4, -0.2) is 5.71 Å². The molecule has 1 aliphatic heterocycles. The largest absolute Gasteiger partial charge is 0.133 e. The molecule has 0 saturated carbocycles. The van der Waals surface area contributed by atoms with Crippen molar-refractivity contribution in [1.82, 2.24) is 0 Å². The van der Waals surface area contributed by atoms with E-state index in [1.54, 1.807) is 0 Å². The molecule has 0 fully saturated rings. The highest BCUT2D eigenvalue weighted by atomic mass is 15.4. The molecule has 0 amide bonds. The summed E-state index contributed by atoms with van der Waals surface area (Å²) in [5.41, 5.74) is 4.53. The Morgan fingerprint density at radius 1 is 1.00 bits per heavy atom. The molecule has 0 aromatic heterocycles. The Bertz CT molecular complexity index is 805. The average Bonchev–Trinajstić information content (AvgIpc) is 2.95. The molecule has 3 nitrogen and oxygen atoms in total. The van der Waals surface area contributed by atoms with Crippen LogP contribution in [0.2, 0.25) is 0 Å². The maximum atomic E-state index is 4.05. The van der Waals surface area contributed by atoms with Gasteiger partial charge in [-0.05, 0) is 39.6 Å². The molecule has 0 radical (unpaired) electrons. The summed E-state index contributed by atoms with van der Waals surface area (Å²) in [7, 11) is 0.